The Kier molecular flexibility index (Phi) is 8.97. The fraction of sp³-hybridized carbons (Fsp3) is 0.500. The molecule has 4 nitrogen and oxygen atoms in total. The van der Waals surface area contributed by atoms with E-state index < -0.39 is 5.97 Å². The van der Waals surface area contributed by atoms with Crippen LogP contribution in [-0.4, -0.2) is 21.3 Å². The fourth-order valence-corrected chi connectivity index (χ4v) is 2.87. The number of phenols is 2. The van der Waals surface area contributed by atoms with Gasteiger partial charge in [-0.25, -0.2) is 4.79 Å². The van der Waals surface area contributed by atoms with Gasteiger partial charge in [-0.1, -0.05) is 43.1 Å². The molecule has 26 heavy (non-hydrogen) atoms. The number of unbranched alkanes of at least 4 members (excludes halogenated alkanes) is 2. The molecule has 1 aromatic rings. The highest BCUT2D eigenvalue weighted by molar-refractivity contribution is 5.91. The molecule has 0 saturated carbocycles. The van der Waals surface area contributed by atoms with Crippen LogP contribution in [0.3, 0.4) is 0 Å². The Bertz CT molecular complexity index is 680. The molecule has 0 saturated heterocycles. The van der Waals surface area contributed by atoms with Crippen molar-refractivity contribution in [1.29, 1.82) is 0 Å². The lowest BCUT2D eigenvalue weighted by Gasteiger charge is -2.13. The van der Waals surface area contributed by atoms with Crippen LogP contribution in [0.25, 0.3) is 0 Å². The Hall–Kier alpha value is -2.23. The third-order valence-corrected chi connectivity index (χ3v) is 4.48. The van der Waals surface area contributed by atoms with Gasteiger partial charge in [0.15, 0.2) is 11.5 Å². The van der Waals surface area contributed by atoms with Crippen molar-refractivity contribution in [2.24, 2.45) is 0 Å². The lowest BCUT2D eigenvalue weighted by Crippen LogP contribution is -2.05. The zero-order valence-electron chi connectivity index (χ0n) is 16.4. The van der Waals surface area contributed by atoms with Crippen molar-refractivity contribution in [3.63, 3.8) is 0 Å². The van der Waals surface area contributed by atoms with Gasteiger partial charge in [-0.15, -0.1) is 0 Å². The Morgan fingerprint density at radius 2 is 1.77 bits per heavy atom. The molecule has 0 amide bonds. The summed E-state index contributed by atoms with van der Waals surface area (Å²) in [7, 11) is 0. The number of aryl methyl sites for hydroxylation is 1. The predicted molar refractivity (Wildman–Crippen MR) is 106 cm³/mol. The van der Waals surface area contributed by atoms with Crippen LogP contribution in [-0.2, 0) is 12.8 Å². The van der Waals surface area contributed by atoms with Crippen molar-refractivity contribution in [2.45, 2.75) is 72.6 Å². The van der Waals surface area contributed by atoms with Crippen LogP contribution in [0, 0.1) is 0 Å². The molecule has 3 N–H and O–H groups in total. The highest BCUT2D eigenvalue weighted by atomic mass is 16.4. The van der Waals surface area contributed by atoms with Crippen LogP contribution >= 0.6 is 0 Å². The van der Waals surface area contributed by atoms with E-state index in [0.29, 0.717) is 12.0 Å². The van der Waals surface area contributed by atoms with Gasteiger partial charge in [0.1, 0.15) is 0 Å². The molecule has 0 aliphatic rings. The molecule has 1 aromatic carbocycles. The molecule has 0 aliphatic heterocycles. The first-order chi connectivity index (χ1) is 12.3. The average molecular weight is 360 g/mol. The Morgan fingerprint density at radius 3 is 2.35 bits per heavy atom. The molecular weight excluding hydrogens is 328 g/mol. The van der Waals surface area contributed by atoms with Gasteiger partial charge >= 0.3 is 5.97 Å². The maximum Gasteiger partial charge on any atom is 0.336 e. The molecule has 0 radical (unpaired) electrons. The van der Waals surface area contributed by atoms with E-state index in [0.717, 1.165) is 37.7 Å². The van der Waals surface area contributed by atoms with Crippen LogP contribution in [0.15, 0.2) is 29.4 Å². The maximum absolute atomic E-state index is 11.6. The van der Waals surface area contributed by atoms with Crippen LogP contribution in [0.5, 0.6) is 11.5 Å². The zero-order valence-corrected chi connectivity index (χ0v) is 16.4. The number of carboxylic acid groups (broad SMARTS) is 1. The number of hydrogen-bond donors (Lipinski definition) is 3. The lowest BCUT2D eigenvalue weighted by molar-refractivity contribution is 0.0695. The monoisotopic (exact) mass is 360 g/mol. The molecule has 0 unspecified atom stereocenters. The summed E-state index contributed by atoms with van der Waals surface area (Å²) in [4.78, 5) is 11.6. The number of benzene rings is 1. The molecule has 4 heteroatoms. The molecule has 144 valence electrons. The summed E-state index contributed by atoms with van der Waals surface area (Å²) < 4.78 is 0. The largest absolute Gasteiger partial charge is 0.504 e. The van der Waals surface area contributed by atoms with Crippen molar-refractivity contribution in [3.8, 4) is 11.5 Å². The van der Waals surface area contributed by atoms with Crippen molar-refractivity contribution in [3.05, 3.63) is 46.1 Å². The molecular formula is C22H32O4. The van der Waals surface area contributed by atoms with Gasteiger partial charge < -0.3 is 15.3 Å². The van der Waals surface area contributed by atoms with Crippen molar-refractivity contribution >= 4 is 5.97 Å². The summed E-state index contributed by atoms with van der Waals surface area (Å²) in [6.45, 7) is 8.19. The second-order valence-electron chi connectivity index (χ2n) is 7.10. The van der Waals surface area contributed by atoms with Crippen LogP contribution in [0.4, 0.5) is 0 Å². The first kappa shape index (κ1) is 21.8. The number of hydrogen-bond acceptors (Lipinski definition) is 3. The molecule has 0 aliphatic carbocycles. The number of rotatable bonds is 10. The Morgan fingerprint density at radius 1 is 1.08 bits per heavy atom. The normalized spacial score (nSPS) is 11.5. The van der Waals surface area contributed by atoms with E-state index in [1.165, 1.54) is 11.6 Å². The Balaban J connectivity index is 3.04. The van der Waals surface area contributed by atoms with Crippen molar-refractivity contribution in [1.82, 2.24) is 0 Å². The molecule has 0 spiro atoms. The quantitative estimate of drug-likeness (QED) is 0.281. The summed E-state index contributed by atoms with van der Waals surface area (Å²) in [6, 6.07) is 1.51. The number of aromatic hydroxyl groups is 2. The fourth-order valence-electron chi connectivity index (χ4n) is 2.87. The van der Waals surface area contributed by atoms with E-state index in [1.54, 1.807) is 0 Å². The summed E-state index contributed by atoms with van der Waals surface area (Å²) in [5, 5.41) is 30.2. The lowest BCUT2D eigenvalue weighted by atomic mass is 9.95. The average Bonchev–Trinajstić information content (AvgIpc) is 2.57. The highest BCUT2D eigenvalue weighted by Crippen LogP contribution is 2.37. The summed E-state index contributed by atoms with van der Waals surface area (Å²) in [5.41, 5.74) is 3.24. The number of carbonyl (C=O) groups is 1. The minimum atomic E-state index is -1.08. The Labute approximate surface area is 156 Å². The van der Waals surface area contributed by atoms with Crippen molar-refractivity contribution in [2.75, 3.05) is 0 Å². The molecule has 0 aromatic heterocycles. The first-order valence-corrected chi connectivity index (χ1v) is 9.36. The number of carboxylic acids is 1. The van der Waals surface area contributed by atoms with Crippen LogP contribution < -0.4 is 0 Å². The van der Waals surface area contributed by atoms with Gasteiger partial charge in [0.2, 0.25) is 0 Å². The smallest absolute Gasteiger partial charge is 0.336 e. The van der Waals surface area contributed by atoms with Crippen LogP contribution in [0.2, 0.25) is 0 Å². The minimum Gasteiger partial charge on any atom is -0.504 e. The molecule has 0 atom stereocenters. The van der Waals surface area contributed by atoms with E-state index >= 15 is 0 Å². The molecule has 0 bridgehead atoms. The molecule has 1 rings (SSSR count). The first-order valence-electron chi connectivity index (χ1n) is 9.36. The minimum absolute atomic E-state index is 0.0696. The van der Waals surface area contributed by atoms with Gasteiger partial charge in [-0.2, -0.15) is 0 Å². The topological polar surface area (TPSA) is 77.8 Å². The van der Waals surface area contributed by atoms with Gasteiger partial charge in [0, 0.05) is 5.56 Å². The van der Waals surface area contributed by atoms with E-state index in [2.05, 4.69) is 26.8 Å². The second-order valence-corrected chi connectivity index (χ2v) is 7.10. The molecule has 0 fully saturated rings. The highest BCUT2D eigenvalue weighted by Gasteiger charge is 2.20. The maximum atomic E-state index is 11.6. The number of aromatic carboxylic acids is 1. The van der Waals surface area contributed by atoms with E-state index in [-0.39, 0.29) is 29.0 Å². The second kappa shape index (κ2) is 10.7. The molecule has 0 heterocycles. The van der Waals surface area contributed by atoms with Crippen molar-refractivity contribution < 1.29 is 20.1 Å². The number of phenolic OH excluding ortho intramolecular Hbond substituents is 2. The van der Waals surface area contributed by atoms with Gasteiger partial charge in [0.25, 0.3) is 0 Å². The van der Waals surface area contributed by atoms with E-state index in [4.69, 9.17) is 0 Å². The summed E-state index contributed by atoms with van der Waals surface area (Å²) in [5.74, 6) is -1.57. The van der Waals surface area contributed by atoms with Crippen LogP contribution in [0.1, 0.15) is 81.3 Å². The number of allylic oxidation sites excluding steroid dienone is 4. The van der Waals surface area contributed by atoms with E-state index in [1.807, 2.05) is 13.0 Å². The standard InChI is InChI=1S/C22H32O4/c1-5-6-7-11-17-14-19(22(25)26)18(21(24)20(17)23)13-12-16(4)10-8-9-15(2)3/h9,12,14,23-24H,5-8,10-11,13H2,1-4H3,(H,25,26)/b16-12+. The summed E-state index contributed by atoms with van der Waals surface area (Å²) >= 11 is 0. The zero-order chi connectivity index (χ0) is 19.7. The SMILES string of the molecule is CCCCCc1cc(C(=O)O)c(C/C=C(\C)CCC=C(C)C)c(O)c1O. The third-order valence-electron chi connectivity index (χ3n) is 4.48. The van der Waals surface area contributed by atoms with Gasteiger partial charge in [-0.3, -0.25) is 0 Å². The summed E-state index contributed by atoms with van der Waals surface area (Å²) in [6.07, 6.45) is 9.64. The van der Waals surface area contributed by atoms with Gasteiger partial charge in [0.05, 0.1) is 5.56 Å². The third kappa shape index (κ3) is 6.58. The predicted octanol–water partition coefficient (Wildman–Crippen LogP) is 5.76. The van der Waals surface area contributed by atoms with E-state index in [9.17, 15) is 20.1 Å². The van der Waals surface area contributed by atoms with Gasteiger partial charge in [-0.05, 0) is 64.5 Å².